The summed E-state index contributed by atoms with van der Waals surface area (Å²) in [6.07, 6.45) is 0.996. The molecule has 1 heterocycles. The summed E-state index contributed by atoms with van der Waals surface area (Å²) in [4.78, 5) is 14.0. The zero-order chi connectivity index (χ0) is 18.6. The Morgan fingerprint density at radius 2 is 1.63 bits per heavy atom. The third kappa shape index (κ3) is 3.49. The van der Waals surface area contributed by atoms with Crippen LogP contribution in [0, 0.1) is 0 Å². The Bertz CT molecular complexity index is 978. The lowest BCUT2D eigenvalue weighted by Gasteiger charge is -2.27. The third-order valence-corrected chi connectivity index (χ3v) is 5.60. The number of carbonyl (C=O) groups is 1. The lowest BCUT2D eigenvalue weighted by atomic mass is 9.95. The van der Waals surface area contributed by atoms with Gasteiger partial charge in [-0.15, -0.1) is 0 Å². The Morgan fingerprint density at radius 3 is 2.33 bits per heavy atom. The number of hydrogen-bond acceptors (Lipinski definition) is 4. The number of hydrogen-bond donors (Lipinski definition) is 0. The summed E-state index contributed by atoms with van der Waals surface area (Å²) in [6, 6.07) is 25.4. The molecule has 0 bridgehead atoms. The second kappa shape index (κ2) is 7.72. The lowest BCUT2D eigenvalue weighted by molar-refractivity contribution is -0.108. The highest BCUT2D eigenvalue weighted by atomic mass is 32.2. The normalized spacial score (nSPS) is 15.7. The molecule has 3 nitrogen and oxygen atoms in total. The zero-order valence-electron chi connectivity index (χ0n) is 14.8. The van der Waals surface area contributed by atoms with Crippen molar-refractivity contribution in [1.82, 2.24) is 0 Å². The van der Waals surface area contributed by atoms with Crippen molar-refractivity contribution in [2.45, 2.75) is 10.8 Å². The first-order valence-electron chi connectivity index (χ1n) is 8.63. The van der Waals surface area contributed by atoms with Crippen LogP contribution >= 0.6 is 11.8 Å². The van der Waals surface area contributed by atoms with Crippen molar-refractivity contribution in [1.29, 1.82) is 0 Å². The van der Waals surface area contributed by atoms with Crippen LogP contribution in [0.25, 0.3) is 5.76 Å². The molecule has 0 amide bonds. The van der Waals surface area contributed by atoms with E-state index in [0.29, 0.717) is 0 Å². The summed E-state index contributed by atoms with van der Waals surface area (Å²) >= 11 is 1.55. The van der Waals surface area contributed by atoms with Crippen molar-refractivity contribution in [3.8, 4) is 11.5 Å². The quantitative estimate of drug-likeness (QED) is 0.550. The molecule has 1 atom stereocenters. The number of benzene rings is 3. The molecule has 1 aliphatic heterocycles. The number of aldehydes is 1. The minimum Gasteiger partial charge on any atom is -0.497 e. The molecule has 3 aromatic rings. The smallest absolute Gasteiger partial charge is 0.145 e. The molecule has 0 saturated heterocycles. The minimum atomic E-state index is -0.364. The standard InChI is InChI=1S/C23H18O3S/c1-25-17-11-13-18(14-12-17)27-23-20(15-24)19-9-5-6-10-21(19)26-22(23)16-7-3-2-4-8-16/h2-15,20H,1H3. The van der Waals surface area contributed by atoms with Crippen LogP contribution in [0.3, 0.4) is 0 Å². The van der Waals surface area contributed by atoms with Gasteiger partial charge in [0.05, 0.1) is 13.0 Å². The summed E-state index contributed by atoms with van der Waals surface area (Å²) in [5.41, 5.74) is 1.85. The van der Waals surface area contributed by atoms with Gasteiger partial charge in [-0.1, -0.05) is 60.3 Å². The van der Waals surface area contributed by atoms with E-state index in [4.69, 9.17) is 9.47 Å². The minimum absolute atomic E-state index is 0.364. The molecule has 1 aliphatic rings. The van der Waals surface area contributed by atoms with Gasteiger partial charge >= 0.3 is 0 Å². The van der Waals surface area contributed by atoms with E-state index in [1.807, 2.05) is 78.9 Å². The number of rotatable bonds is 5. The molecule has 3 aromatic carbocycles. The Kier molecular flexibility index (Phi) is 4.99. The first kappa shape index (κ1) is 17.4. The predicted octanol–water partition coefficient (Wildman–Crippen LogP) is 5.53. The summed E-state index contributed by atoms with van der Waals surface area (Å²) in [5.74, 6) is 1.89. The first-order valence-corrected chi connectivity index (χ1v) is 9.45. The Morgan fingerprint density at radius 1 is 0.926 bits per heavy atom. The largest absolute Gasteiger partial charge is 0.497 e. The highest BCUT2D eigenvalue weighted by Crippen LogP contribution is 2.48. The fourth-order valence-electron chi connectivity index (χ4n) is 3.08. The number of para-hydroxylation sites is 1. The molecule has 0 spiro atoms. The maximum atomic E-state index is 12.1. The number of methoxy groups -OCH3 is 1. The van der Waals surface area contributed by atoms with E-state index in [0.717, 1.165) is 44.5 Å². The number of carbonyl (C=O) groups excluding carboxylic acids is 1. The van der Waals surface area contributed by atoms with E-state index in [9.17, 15) is 4.79 Å². The van der Waals surface area contributed by atoms with E-state index < -0.39 is 0 Å². The second-order valence-corrected chi connectivity index (χ2v) is 7.21. The Hall–Kier alpha value is -2.98. The molecule has 0 aromatic heterocycles. The molecular formula is C23H18O3S. The van der Waals surface area contributed by atoms with Gasteiger partial charge in [-0.3, -0.25) is 0 Å². The van der Waals surface area contributed by atoms with E-state index in [-0.39, 0.29) is 5.92 Å². The second-order valence-electron chi connectivity index (χ2n) is 6.09. The Balaban J connectivity index is 1.82. The fraction of sp³-hybridized carbons (Fsp3) is 0.0870. The van der Waals surface area contributed by atoms with Gasteiger partial charge in [0.2, 0.25) is 0 Å². The molecule has 27 heavy (non-hydrogen) atoms. The first-order chi connectivity index (χ1) is 13.3. The van der Waals surface area contributed by atoms with Crippen molar-refractivity contribution >= 4 is 23.8 Å². The van der Waals surface area contributed by atoms with Crippen molar-refractivity contribution in [2.24, 2.45) is 0 Å². The maximum Gasteiger partial charge on any atom is 0.145 e. The average Bonchev–Trinajstić information content (AvgIpc) is 2.74. The third-order valence-electron chi connectivity index (χ3n) is 4.43. The summed E-state index contributed by atoms with van der Waals surface area (Å²) in [6.45, 7) is 0. The highest BCUT2D eigenvalue weighted by molar-refractivity contribution is 8.03. The molecule has 1 unspecified atom stereocenters. The van der Waals surface area contributed by atoms with Crippen LogP contribution < -0.4 is 9.47 Å². The van der Waals surface area contributed by atoms with Gasteiger partial charge in [0.25, 0.3) is 0 Å². The average molecular weight is 374 g/mol. The Labute approximate surface area is 162 Å². The van der Waals surface area contributed by atoms with Crippen molar-refractivity contribution < 1.29 is 14.3 Å². The summed E-state index contributed by atoms with van der Waals surface area (Å²) < 4.78 is 11.5. The SMILES string of the molecule is COc1ccc(SC2=C(c3ccccc3)Oc3ccccc3C2C=O)cc1. The molecule has 134 valence electrons. The van der Waals surface area contributed by atoms with Crippen LogP contribution in [-0.2, 0) is 4.79 Å². The van der Waals surface area contributed by atoms with E-state index >= 15 is 0 Å². The van der Waals surface area contributed by atoms with E-state index in [2.05, 4.69) is 0 Å². The fourth-order valence-corrected chi connectivity index (χ4v) is 4.17. The van der Waals surface area contributed by atoms with Crippen molar-refractivity contribution in [3.05, 3.63) is 94.9 Å². The van der Waals surface area contributed by atoms with Crippen LogP contribution in [-0.4, -0.2) is 13.4 Å². The summed E-state index contributed by atoms with van der Waals surface area (Å²) in [7, 11) is 1.65. The maximum absolute atomic E-state index is 12.1. The van der Waals surface area contributed by atoms with Crippen LogP contribution in [0.4, 0.5) is 0 Å². The lowest BCUT2D eigenvalue weighted by Crippen LogP contribution is -2.14. The molecular weight excluding hydrogens is 356 g/mol. The van der Waals surface area contributed by atoms with Crippen LogP contribution in [0.2, 0.25) is 0 Å². The molecule has 0 aliphatic carbocycles. The molecule has 4 heteroatoms. The number of fused-ring (bicyclic) bond motifs is 1. The van der Waals surface area contributed by atoms with Gasteiger partial charge in [-0.05, 0) is 30.3 Å². The van der Waals surface area contributed by atoms with Gasteiger partial charge in [-0.25, -0.2) is 0 Å². The van der Waals surface area contributed by atoms with Gasteiger partial charge in [-0.2, -0.15) is 0 Å². The summed E-state index contributed by atoms with van der Waals surface area (Å²) in [5, 5.41) is 0. The van der Waals surface area contributed by atoms with Crippen LogP contribution in [0.1, 0.15) is 17.0 Å². The van der Waals surface area contributed by atoms with Gasteiger partial charge in [0, 0.05) is 20.9 Å². The predicted molar refractivity (Wildman–Crippen MR) is 108 cm³/mol. The van der Waals surface area contributed by atoms with E-state index in [1.165, 1.54) is 0 Å². The number of allylic oxidation sites excluding steroid dienone is 1. The molecule has 0 radical (unpaired) electrons. The van der Waals surface area contributed by atoms with Crippen LogP contribution in [0.5, 0.6) is 11.5 Å². The number of ether oxygens (including phenoxy) is 2. The van der Waals surface area contributed by atoms with Crippen LogP contribution in [0.15, 0.2) is 88.7 Å². The van der Waals surface area contributed by atoms with Gasteiger partial charge < -0.3 is 14.3 Å². The monoisotopic (exact) mass is 374 g/mol. The molecule has 0 N–H and O–H groups in total. The van der Waals surface area contributed by atoms with E-state index in [1.54, 1.807) is 18.9 Å². The molecule has 0 fully saturated rings. The topological polar surface area (TPSA) is 35.5 Å². The number of thioether (sulfide) groups is 1. The molecule has 0 saturated carbocycles. The zero-order valence-corrected chi connectivity index (χ0v) is 15.6. The molecule has 4 rings (SSSR count). The highest BCUT2D eigenvalue weighted by Gasteiger charge is 2.30. The van der Waals surface area contributed by atoms with Gasteiger partial charge in [0.15, 0.2) is 0 Å². The van der Waals surface area contributed by atoms with Crippen molar-refractivity contribution in [3.63, 3.8) is 0 Å². The van der Waals surface area contributed by atoms with Crippen molar-refractivity contribution in [2.75, 3.05) is 7.11 Å². The van der Waals surface area contributed by atoms with Gasteiger partial charge in [0.1, 0.15) is 23.5 Å².